The Morgan fingerprint density at radius 2 is 2.03 bits per heavy atom. The fourth-order valence-corrected chi connectivity index (χ4v) is 6.55. The maximum Gasteiger partial charge on any atom is 0.321 e. The van der Waals surface area contributed by atoms with Gasteiger partial charge in [0.05, 0.1) is 22.4 Å². The summed E-state index contributed by atoms with van der Waals surface area (Å²) in [7, 11) is -1.02. The summed E-state index contributed by atoms with van der Waals surface area (Å²) < 4.78 is 39.8. The van der Waals surface area contributed by atoms with Gasteiger partial charge in [0.15, 0.2) is 0 Å². The minimum atomic E-state index is -3.90. The molecule has 2 aromatic heterocycles. The van der Waals surface area contributed by atoms with Gasteiger partial charge < -0.3 is 19.1 Å². The van der Waals surface area contributed by atoms with Crippen molar-refractivity contribution in [1.29, 1.82) is 0 Å². The van der Waals surface area contributed by atoms with Gasteiger partial charge in [-0.3, -0.25) is 4.79 Å². The van der Waals surface area contributed by atoms with Crippen LogP contribution in [0, 0.1) is 0 Å². The van der Waals surface area contributed by atoms with Crippen LogP contribution in [0.25, 0.3) is 5.65 Å². The number of carbonyl (C=O) groups is 1. The van der Waals surface area contributed by atoms with Crippen molar-refractivity contribution in [2.24, 2.45) is 5.73 Å². The second kappa shape index (κ2) is 10.9. The van der Waals surface area contributed by atoms with Crippen LogP contribution >= 0.6 is 24.3 Å². The second-order valence-corrected chi connectivity index (χ2v) is 12.1. The summed E-state index contributed by atoms with van der Waals surface area (Å²) in [5.74, 6) is -0.663. The number of ether oxygens (including phenoxy) is 1. The van der Waals surface area contributed by atoms with Crippen LogP contribution in [0.2, 0.25) is 0 Å². The van der Waals surface area contributed by atoms with E-state index in [2.05, 4.69) is 4.98 Å². The van der Waals surface area contributed by atoms with Crippen molar-refractivity contribution in [3.8, 4) is 0 Å². The van der Waals surface area contributed by atoms with E-state index in [9.17, 15) is 13.2 Å². The number of fused-ring (bicyclic) bond motifs is 1. The van der Waals surface area contributed by atoms with Gasteiger partial charge in [0.25, 0.3) is 0 Å². The monoisotopic (exact) mass is 548 g/mol. The van der Waals surface area contributed by atoms with E-state index in [1.54, 1.807) is 18.3 Å². The van der Waals surface area contributed by atoms with Crippen molar-refractivity contribution in [2.75, 3.05) is 20.7 Å². The number of pyridine rings is 1. The summed E-state index contributed by atoms with van der Waals surface area (Å²) in [5.41, 5.74) is 7.07. The maximum absolute atomic E-state index is 13.0. The number of nitrogens with two attached hydrogens (primary N) is 1. The standard InChI is InChI=1S/C24H28N4O5S3/c1-27(36(30,31)19-9-7-18(8-10-19)35-32-2)16-22(29)33-20-5-3-4-12-24(20,23(25)34)17-6-11-21-26-13-14-28(21)15-17/h6-11,13-15,20H,3-5,12,16H2,1-2H3,(H2,25,34). The second-order valence-electron chi connectivity index (χ2n) is 8.65. The van der Waals surface area contributed by atoms with Crippen LogP contribution in [0.15, 0.2) is 64.8 Å². The maximum atomic E-state index is 13.0. The molecule has 3 aromatic rings. The minimum Gasteiger partial charge on any atom is -0.460 e. The first-order valence-electron chi connectivity index (χ1n) is 11.4. The zero-order valence-electron chi connectivity index (χ0n) is 20.0. The number of thiocarbonyl (C=S) groups is 1. The average molecular weight is 549 g/mol. The predicted octanol–water partition coefficient (Wildman–Crippen LogP) is 3.32. The van der Waals surface area contributed by atoms with Gasteiger partial charge in [-0.25, -0.2) is 13.4 Å². The lowest BCUT2D eigenvalue weighted by molar-refractivity contribution is -0.153. The van der Waals surface area contributed by atoms with Gasteiger partial charge in [0.1, 0.15) is 18.3 Å². The third-order valence-corrected chi connectivity index (χ3v) is 9.33. The fraction of sp³-hybridized carbons (Fsp3) is 0.375. The highest BCUT2D eigenvalue weighted by molar-refractivity contribution is 7.94. The van der Waals surface area contributed by atoms with E-state index in [1.807, 2.05) is 28.9 Å². The van der Waals surface area contributed by atoms with Gasteiger partial charge >= 0.3 is 5.97 Å². The van der Waals surface area contributed by atoms with Crippen LogP contribution in [-0.2, 0) is 29.2 Å². The molecule has 0 spiro atoms. The molecule has 9 nitrogen and oxygen atoms in total. The fourth-order valence-electron chi connectivity index (χ4n) is 4.64. The van der Waals surface area contributed by atoms with E-state index >= 15 is 0 Å². The number of benzene rings is 1. The van der Waals surface area contributed by atoms with E-state index in [4.69, 9.17) is 26.9 Å². The Bertz CT molecular complexity index is 1360. The third-order valence-electron chi connectivity index (χ3n) is 6.52. The summed E-state index contributed by atoms with van der Waals surface area (Å²) >= 11 is 6.65. The zero-order valence-corrected chi connectivity index (χ0v) is 22.4. The highest BCUT2D eigenvalue weighted by atomic mass is 32.2. The Hall–Kier alpha value is -2.51. The Kier molecular flexibility index (Phi) is 8.00. The molecular formula is C24H28N4O5S3. The van der Waals surface area contributed by atoms with Crippen LogP contribution in [0.5, 0.6) is 0 Å². The van der Waals surface area contributed by atoms with Crippen LogP contribution in [-0.4, -0.2) is 59.9 Å². The predicted molar refractivity (Wildman–Crippen MR) is 141 cm³/mol. The summed E-state index contributed by atoms with van der Waals surface area (Å²) in [6, 6.07) is 10.0. The Labute approximate surface area is 220 Å². The number of carbonyl (C=O) groups excluding carboxylic acids is 1. The Balaban J connectivity index is 1.53. The molecule has 2 atom stereocenters. The quantitative estimate of drug-likeness (QED) is 0.244. The molecule has 12 heteroatoms. The number of rotatable bonds is 9. The molecule has 2 N–H and O–H groups in total. The van der Waals surface area contributed by atoms with Crippen molar-refractivity contribution in [3.63, 3.8) is 0 Å². The van der Waals surface area contributed by atoms with Gasteiger partial charge in [0, 0.05) is 42.6 Å². The summed E-state index contributed by atoms with van der Waals surface area (Å²) in [4.78, 5) is 18.4. The van der Waals surface area contributed by atoms with Crippen LogP contribution in [0.4, 0.5) is 0 Å². The highest BCUT2D eigenvalue weighted by Gasteiger charge is 2.47. The van der Waals surface area contributed by atoms with Gasteiger partial charge in [-0.05, 0) is 55.2 Å². The lowest BCUT2D eigenvalue weighted by atomic mass is 9.67. The lowest BCUT2D eigenvalue weighted by Gasteiger charge is -2.43. The van der Waals surface area contributed by atoms with Crippen molar-refractivity contribution < 1.29 is 22.1 Å². The number of likely N-dealkylation sites (N-methyl/N-ethyl adjacent to an activating group) is 1. The normalized spacial score (nSPS) is 20.5. The molecule has 0 bridgehead atoms. The van der Waals surface area contributed by atoms with Gasteiger partial charge in [0.2, 0.25) is 10.0 Å². The van der Waals surface area contributed by atoms with Crippen molar-refractivity contribution in [3.05, 3.63) is 60.6 Å². The Morgan fingerprint density at radius 1 is 1.28 bits per heavy atom. The first-order valence-corrected chi connectivity index (χ1v) is 14.0. The first-order chi connectivity index (χ1) is 17.2. The topological polar surface area (TPSA) is 116 Å². The summed E-state index contributed by atoms with van der Waals surface area (Å²) in [6.45, 7) is -0.443. The molecule has 0 saturated heterocycles. The van der Waals surface area contributed by atoms with Crippen molar-refractivity contribution in [1.82, 2.24) is 13.7 Å². The summed E-state index contributed by atoms with van der Waals surface area (Å²) in [6.07, 6.45) is 7.74. The van der Waals surface area contributed by atoms with Crippen molar-refractivity contribution >= 4 is 50.9 Å². The zero-order chi connectivity index (χ0) is 25.9. The van der Waals surface area contributed by atoms with E-state index in [-0.39, 0.29) is 9.88 Å². The van der Waals surface area contributed by atoms with Crippen molar-refractivity contribution in [2.45, 2.75) is 47.0 Å². The average Bonchev–Trinajstić information content (AvgIpc) is 3.33. The van der Waals surface area contributed by atoms with E-state index in [0.29, 0.717) is 12.8 Å². The van der Waals surface area contributed by atoms with E-state index < -0.39 is 34.1 Å². The van der Waals surface area contributed by atoms with Crippen LogP contribution in [0.1, 0.15) is 31.2 Å². The third kappa shape index (κ3) is 5.14. The molecule has 0 radical (unpaired) electrons. The highest BCUT2D eigenvalue weighted by Crippen LogP contribution is 2.42. The summed E-state index contributed by atoms with van der Waals surface area (Å²) in [5, 5.41) is 0. The Morgan fingerprint density at radius 3 is 2.72 bits per heavy atom. The smallest absolute Gasteiger partial charge is 0.321 e. The SMILES string of the molecule is COSc1ccc(S(=O)(=O)N(C)CC(=O)OC2CCCCC2(C(N)=S)c2ccc3nccn3c2)cc1. The molecule has 4 rings (SSSR count). The number of hydrogen-bond acceptors (Lipinski definition) is 8. The number of sulfonamides is 1. The number of imidazole rings is 1. The molecule has 1 saturated carbocycles. The molecule has 2 unspecified atom stereocenters. The van der Waals surface area contributed by atoms with E-state index in [0.717, 1.165) is 45.3 Å². The molecule has 1 aromatic carbocycles. The molecule has 1 aliphatic carbocycles. The molecular weight excluding hydrogens is 520 g/mol. The van der Waals surface area contributed by atoms with Crippen LogP contribution in [0.3, 0.4) is 0 Å². The number of esters is 1. The minimum absolute atomic E-state index is 0.0713. The molecule has 1 fully saturated rings. The van der Waals surface area contributed by atoms with Crippen LogP contribution < -0.4 is 5.73 Å². The first kappa shape index (κ1) is 26.6. The largest absolute Gasteiger partial charge is 0.460 e. The number of hydrogen-bond donors (Lipinski definition) is 1. The lowest BCUT2D eigenvalue weighted by Crippen LogP contribution is -2.53. The van der Waals surface area contributed by atoms with E-state index in [1.165, 1.54) is 26.3 Å². The number of aromatic nitrogens is 2. The number of nitrogens with zero attached hydrogens (tertiary/aromatic N) is 3. The van der Waals surface area contributed by atoms with Gasteiger partial charge in [-0.15, -0.1) is 0 Å². The molecule has 192 valence electrons. The molecule has 2 heterocycles. The molecule has 36 heavy (non-hydrogen) atoms. The van der Waals surface area contributed by atoms with Gasteiger partial charge in [-0.1, -0.05) is 24.7 Å². The molecule has 1 aliphatic rings. The molecule has 0 amide bonds. The molecule has 0 aliphatic heterocycles. The van der Waals surface area contributed by atoms with Gasteiger partial charge in [-0.2, -0.15) is 4.31 Å².